The fourth-order valence-electron chi connectivity index (χ4n) is 3.21. The number of nitrogens with zero attached hydrogens (tertiary/aromatic N) is 2. The predicted molar refractivity (Wildman–Crippen MR) is 106 cm³/mol. The lowest BCUT2D eigenvalue weighted by molar-refractivity contribution is -0.382. The predicted octanol–water partition coefficient (Wildman–Crippen LogP) is 4.91. The molecule has 2 heterocycles. The maximum atomic E-state index is 13.2. The Hall–Kier alpha value is -3.94. The van der Waals surface area contributed by atoms with Gasteiger partial charge in [0.15, 0.2) is 0 Å². The zero-order chi connectivity index (χ0) is 25.6. The van der Waals surface area contributed by atoms with Crippen LogP contribution in [-0.2, 0) is 12.1 Å². The first kappa shape index (κ1) is 24.2. The van der Waals surface area contributed by atoms with E-state index in [1.165, 1.54) is 42.5 Å². The highest BCUT2D eigenvalue weighted by Crippen LogP contribution is 2.49. The highest BCUT2D eigenvalue weighted by atomic mass is 19.4. The molecule has 0 fully saturated rings. The minimum atomic E-state index is -6.17. The monoisotopic (exact) mass is 503 g/mol. The summed E-state index contributed by atoms with van der Waals surface area (Å²) in [4.78, 5) is 12.0. The lowest BCUT2D eigenvalue weighted by Gasteiger charge is -2.28. The summed E-state index contributed by atoms with van der Waals surface area (Å²) < 4.78 is 100. The number of aromatic nitrogens is 2. The second kappa shape index (κ2) is 8.37. The SMILES string of the molecule is O=c1cc(-c2ccc(F)cc2)c2ccc(CNc3nnc(C(O)(C(F)(F)F)C(F)(F)F)o3)cc2o1. The number of alkyl halides is 6. The van der Waals surface area contributed by atoms with E-state index in [0.717, 1.165) is 0 Å². The standard InChI is InChI=1S/C21H12F7N3O4/c22-12-4-2-11(3-5-12)14-8-16(32)34-15-7-10(1-6-13(14)15)9-29-18-31-30-17(35-18)19(33,20(23,24)25)21(26,27)28/h1-8,33H,9H2,(H,29,31). The third-order valence-corrected chi connectivity index (χ3v) is 4.96. The maximum absolute atomic E-state index is 13.2. The van der Waals surface area contributed by atoms with Gasteiger partial charge in [-0.15, -0.1) is 5.10 Å². The number of hydrogen-bond acceptors (Lipinski definition) is 7. The van der Waals surface area contributed by atoms with Crippen LogP contribution >= 0.6 is 0 Å². The van der Waals surface area contributed by atoms with Crippen molar-refractivity contribution in [2.45, 2.75) is 24.5 Å². The van der Waals surface area contributed by atoms with Crippen LogP contribution in [0.2, 0.25) is 0 Å². The fraction of sp³-hybridized carbons (Fsp3) is 0.190. The van der Waals surface area contributed by atoms with E-state index in [9.17, 15) is 40.6 Å². The van der Waals surface area contributed by atoms with Gasteiger partial charge >= 0.3 is 29.6 Å². The van der Waals surface area contributed by atoms with Crippen LogP contribution in [0.15, 0.2) is 62.2 Å². The molecule has 14 heteroatoms. The first-order chi connectivity index (χ1) is 16.3. The molecule has 2 aromatic heterocycles. The number of hydrogen-bond donors (Lipinski definition) is 2. The van der Waals surface area contributed by atoms with E-state index in [1.54, 1.807) is 6.07 Å². The molecule has 0 radical (unpaired) electrons. The van der Waals surface area contributed by atoms with E-state index in [2.05, 4.69) is 19.9 Å². The number of aliphatic hydroxyl groups is 1. The summed E-state index contributed by atoms with van der Waals surface area (Å²) >= 11 is 0. The molecule has 0 aliphatic rings. The van der Waals surface area contributed by atoms with Gasteiger partial charge in [-0.25, -0.2) is 9.18 Å². The molecule has 2 N–H and O–H groups in total. The Labute approximate surface area is 189 Å². The van der Waals surface area contributed by atoms with Gasteiger partial charge in [-0.3, -0.25) is 0 Å². The summed E-state index contributed by atoms with van der Waals surface area (Å²) in [6.45, 7) is -0.238. The molecule has 35 heavy (non-hydrogen) atoms. The molecular formula is C21H12F7N3O4. The summed E-state index contributed by atoms with van der Waals surface area (Å²) in [5.41, 5.74) is -4.58. The van der Waals surface area contributed by atoms with Crippen molar-refractivity contribution in [3.8, 4) is 11.1 Å². The average molecular weight is 503 g/mol. The zero-order valence-corrected chi connectivity index (χ0v) is 17.0. The lowest BCUT2D eigenvalue weighted by Crippen LogP contribution is -2.54. The molecule has 2 aromatic carbocycles. The Morgan fingerprint density at radius 2 is 1.54 bits per heavy atom. The van der Waals surface area contributed by atoms with Crippen LogP contribution in [0, 0.1) is 5.82 Å². The molecule has 0 saturated carbocycles. The molecule has 0 bridgehead atoms. The smallest absolute Gasteiger partial charge is 0.423 e. The van der Waals surface area contributed by atoms with Gasteiger partial charge in [0, 0.05) is 18.0 Å². The molecular weight excluding hydrogens is 491 g/mol. The van der Waals surface area contributed by atoms with Gasteiger partial charge in [0.1, 0.15) is 11.4 Å². The van der Waals surface area contributed by atoms with E-state index in [0.29, 0.717) is 22.1 Å². The second-order valence-electron chi connectivity index (χ2n) is 7.29. The van der Waals surface area contributed by atoms with E-state index in [1.807, 2.05) is 0 Å². The lowest BCUT2D eigenvalue weighted by atomic mass is 10.0. The van der Waals surface area contributed by atoms with Gasteiger partial charge in [-0.05, 0) is 34.9 Å². The number of fused-ring (bicyclic) bond motifs is 1. The van der Waals surface area contributed by atoms with E-state index < -0.39 is 41.3 Å². The van der Waals surface area contributed by atoms with Gasteiger partial charge in [0.05, 0.1) is 0 Å². The maximum Gasteiger partial charge on any atom is 0.435 e. The van der Waals surface area contributed by atoms with Gasteiger partial charge in [-0.1, -0.05) is 29.4 Å². The van der Waals surface area contributed by atoms with E-state index in [4.69, 9.17) is 4.42 Å². The number of benzene rings is 2. The minimum Gasteiger partial charge on any atom is -0.423 e. The Morgan fingerprint density at radius 1 is 0.886 bits per heavy atom. The van der Waals surface area contributed by atoms with Gasteiger partial charge in [0.2, 0.25) is 0 Å². The van der Waals surface area contributed by atoms with E-state index in [-0.39, 0.29) is 12.1 Å². The number of nitrogens with one attached hydrogen (secondary N) is 1. The van der Waals surface area contributed by atoms with Crippen LogP contribution in [0.5, 0.6) is 0 Å². The summed E-state index contributed by atoms with van der Waals surface area (Å²) in [5.74, 6) is -2.57. The second-order valence-corrected chi connectivity index (χ2v) is 7.29. The van der Waals surface area contributed by atoms with Gasteiger partial charge in [-0.2, -0.15) is 26.3 Å². The Balaban J connectivity index is 1.60. The van der Waals surface area contributed by atoms with Gasteiger partial charge in [0.25, 0.3) is 5.89 Å². The zero-order valence-electron chi connectivity index (χ0n) is 17.0. The molecule has 4 rings (SSSR count). The molecule has 0 spiro atoms. The van der Waals surface area contributed by atoms with Crippen molar-refractivity contribution < 1.29 is 44.7 Å². The van der Waals surface area contributed by atoms with Crippen molar-refractivity contribution in [1.29, 1.82) is 0 Å². The molecule has 0 unspecified atom stereocenters. The number of anilines is 1. The summed E-state index contributed by atoms with van der Waals surface area (Å²) in [6.07, 6.45) is -12.3. The van der Waals surface area contributed by atoms with Crippen molar-refractivity contribution in [2.75, 3.05) is 5.32 Å². The number of rotatable bonds is 5. The van der Waals surface area contributed by atoms with Crippen molar-refractivity contribution >= 4 is 17.0 Å². The Kier molecular flexibility index (Phi) is 5.79. The van der Waals surface area contributed by atoms with Crippen LogP contribution in [0.3, 0.4) is 0 Å². The highest BCUT2D eigenvalue weighted by Gasteiger charge is 2.75. The third-order valence-electron chi connectivity index (χ3n) is 4.96. The highest BCUT2D eigenvalue weighted by molar-refractivity contribution is 5.93. The largest absolute Gasteiger partial charge is 0.435 e. The third kappa shape index (κ3) is 4.43. The molecule has 0 amide bonds. The van der Waals surface area contributed by atoms with Crippen molar-refractivity contribution in [2.24, 2.45) is 0 Å². The van der Waals surface area contributed by atoms with Crippen LogP contribution in [-0.4, -0.2) is 27.7 Å². The topological polar surface area (TPSA) is 101 Å². The molecule has 4 aromatic rings. The van der Waals surface area contributed by atoms with E-state index >= 15 is 0 Å². The normalized spacial score (nSPS) is 12.8. The molecule has 0 atom stereocenters. The molecule has 184 valence electrons. The average Bonchev–Trinajstić information content (AvgIpc) is 3.24. The van der Waals surface area contributed by atoms with Gasteiger partial charge < -0.3 is 19.3 Å². The van der Waals surface area contributed by atoms with Crippen LogP contribution in [0.4, 0.5) is 36.7 Å². The van der Waals surface area contributed by atoms with Crippen molar-refractivity contribution in [3.05, 3.63) is 76.2 Å². The molecule has 0 aliphatic carbocycles. The van der Waals surface area contributed by atoms with Crippen LogP contribution in [0.1, 0.15) is 11.5 Å². The fourth-order valence-corrected chi connectivity index (χ4v) is 3.21. The summed E-state index contributed by atoms with van der Waals surface area (Å²) in [7, 11) is 0. The van der Waals surface area contributed by atoms with Crippen molar-refractivity contribution in [3.63, 3.8) is 0 Å². The molecule has 0 saturated heterocycles. The van der Waals surface area contributed by atoms with Crippen LogP contribution in [0.25, 0.3) is 22.1 Å². The number of halogens is 7. The molecule has 0 aliphatic heterocycles. The Bertz CT molecular complexity index is 1410. The summed E-state index contributed by atoms with van der Waals surface area (Å²) in [5, 5.41) is 17.9. The summed E-state index contributed by atoms with van der Waals surface area (Å²) in [6, 6.07) is 10.2. The quantitative estimate of drug-likeness (QED) is 0.295. The first-order valence-electron chi connectivity index (χ1n) is 9.56. The van der Waals surface area contributed by atoms with Crippen molar-refractivity contribution in [1.82, 2.24) is 10.2 Å². The van der Waals surface area contributed by atoms with Crippen LogP contribution < -0.4 is 10.9 Å². The Morgan fingerprint density at radius 3 is 2.17 bits per heavy atom. The first-order valence-corrected chi connectivity index (χ1v) is 9.56. The molecule has 7 nitrogen and oxygen atoms in total. The minimum absolute atomic E-state index is 0.117.